The minimum atomic E-state index is -1.06. The molecule has 0 aromatic carbocycles. The fraction of sp³-hybridized carbons (Fsp3) is 0.655. The second-order valence-corrected chi connectivity index (χ2v) is 11.6. The van der Waals surface area contributed by atoms with Crippen LogP contribution in [0.1, 0.15) is 47.0 Å². The first kappa shape index (κ1) is 27.3. The van der Waals surface area contributed by atoms with E-state index < -0.39 is 52.8 Å². The topological polar surface area (TPSA) is 124 Å². The van der Waals surface area contributed by atoms with Crippen molar-refractivity contribution < 1.29 is 43.5 Å². The fourth-order valence-electron chi connectivity index (χ4n) is 6.83. The molecule has 2 spiro atoms. The van der Waals surface area contributed by atoms with Gasteiger partial charge in [0.25, 0.3) is 0 Å². The first-order valence-electron chi connectivity index (χ1n) is 13.4. The number of aliphatic hydroxyl groups excluding tert-OH is 2. The monoisotopic (exact) mass is 530 g/mol. The van der Waals surface area contributed by atoms with Crippen LogP contribution in [0.25, 0.3) is 0 Å². The number of cyclic esters (lactones) is 1. The SMILES string of the molecule is CC1=CC2OC3CC4OC(=O)C=CC=CC(C(C)O)OCC(O)/C(C)=C\C(=O)OCC2(CC1)C4(C)C31CO1. The third kappa shape index (κ3) is 4.38. The Labute approximate surface area is 223 Å². The fourth-order valence-corrected chi connectivity index (χ4v) is 6.83. The van der Waals surface area contributed by atoms with E-state index in [2.05, 4.69) is 19.9 Å². The van der Waals surface area contributed by atoms with Crippen LogP contribution in [-0.2, 0) is 33.3 Å². The van der Waals surface area contributed by atoms with E-state index in [9.17, 15) is 19.8 Å². The van der Waals surface area contributed by atoms with Crippen molar-refractivity contribution in [2.45, 2.75) is 89.2 Å². The zero-order valence-electron chi connectivity index (χ0n) is 22.4. The highest BCUT2D eigenvalue weighted by atomic mass is 16.6. The molecule has 208 valence electrons. The number of carbonyl (C=O) groups excluding carboxylic acids is 2. The maximum absolute atomic E-state index is 13.0. The predicted molar refractivity (Wildman–Crippen MR) is 136 cm³/mol. The highest BCUT2D eigenvalue weighted by molar-refractivity contribution is 5.83. The van der Waals surface area contributed by atoms with E-state index in [0.29, 0.717) is 25.0 Å². The first-order chi connectivity index (χ1) is 18.0. The highest BCUT2D eigenvalue weighted by Crippen LogP contribution is 2.72. The Morgan fingerprint density at radius 3 is 2.58 bits per heavy atom. The van der Waals surface area contributed by atoms with Crippen molar-refractivity contribution in [3.63, 3.8) is 0 Å². The third-order valence-corrected chi connectivity index (χ3v) is 9.39. The molecule has 0 aromatic rings. The molecule has 3 heterocycles. The lowest BCUT2D eigenvalue weighted by molar-refractivity contribution is -0.232. The number of hydrogen-bond donors (Lipinski definition) is 2. The van der Waals surface area contributed by atoms with Gasteiger partial charge >= 0.3 is 11.9 Å². The van der Waals surface area contributed by atoms with Crippen molar-refractivity contribution in [1.29, 1.82) is 0 Å². The summed E-state index contributed by atoms with van der Waals surface area (Å²) in [6.45, 7) is 7.78. The van der Waals surface area contributed by atoms with Gasteiger partial charge < -0.3 is 33.9 Å². The maximum Gasteiger partial charge on any atom is 0.331 e. The lowest BCUT2D eigenvalue weighted by Gasteiger charge is -2.58. The molecule has 2 saturated heterocycles. The van der Waals surface area contributed by atoms with Gasteiger partial charge in [-0.25, -0.2) is 9.59 Å². The second-order valence-electron chi connectivity index (χ2n) is 11.6. The van der Waals surface area contributed by atoms with E-state index in [4.69, 9.17) is 23.7 Å². The van der Waals surface area contributed by atoms with Crippen molar-refractivity contribution >= 4 is 11.9 Å². The molecule has 3 aliphatic heterocycles. The standard InChI is InChI=1S/C29H38O9/c1-17-9-10-28-15-35-26(33)12-18(2)20(31)14-34-21(19(3)30)7-5-6-8-25(32)38-22-13-24(37-23(28)11-17)29(16-36-29)27(22,28)4/h5-8,11-12,19-24,30-31H,9-10,13-16H2,1-4H3/b7-5?,8-6?,18-12-. The van der Waals surface area contributed by atoms with Crippen molar-refractivity contribution in [3.8, 4) is 0 Å². The zero-order chi connectivity index (χ0) is 27.3. The Kier molecular flexibility index (Phi) is 7.19. The number of aliphatic hydroxyl groups is 2. The van der Waals surface area contributed by atoms with E-state index in [1.807, 2.05) is 0 Å². The van der Waals surface area contributed by atoms with Crippen molar-refractivity contribution in [3.05, 3.63) is 47.6 Å². The molecule has 9 atom stereocenters. The number of epoxide rings is 1. The molecule has 2 aliphatic carbocycles. The molecule has 9 heteroatoms. The summed E-state index contributed by atoms with van der Waals surface area (Å²) >= 11 is 0. The van der Waals surface area contributed by atoms with E-state index in [1.54, 1.807) is 32.1 Å². The van der Waals surface area contributed by atoms with Gasteiger partial charge in [-0.2, -0.15) is 0 Å². The summed E-state index contributed by atoms with van der Waals surface area (Å²) in [6.07, 6.45) is 7.74. The molecule has 0 aromatic heterocycles. The van der Waals surface area contributed by atoms with Crippen LogP contribution < -0.4 is 0 Å². The molecule has 9 unspecified atom stereocenters. The van der Waals surface area contributed by atoms with Crippen LogP contribution in [-0.4, -0.2) is 84.2 Å². The molecule has 1 saturated carbocycles. The largest absolute Gasteiger partial charge is 0.462 e. The quantitative estimate of drug-likeness (QED) is 0.299. The molecule has 5 aliphatic rings. The van der Waals surface area contributed by atoms with Gasteiger partial charge in [0.05, 0.1) is 43.0 Å². The lowest BCUT2D eigenvalue weighted by Crippen LogP contribution is -2.66. The summed E-state index contributed by atoms with van der Waals surface area (Å²) < 4.78 is 30.3. The number of ether oxygens (including phenoxy) is 5. The minimum absolute atomic E-state index is 0.0573. The van der Waals surface area contributed by atoms with Crippen LogP contribution >= 0.6 is 0 Å². The van der Waals surface area contributed by atoms with E-state index in [0.717, 1.165) is 6.42 Å². The first-order valence-corrected chi connectivity index (χ1v) is 13.4. The number of esters is 2. The Morgan fingerprint density at radius 1 is 1.11 bits per heavy atom. The second kappa shape index (κ2) is 10.0. The average Bonchev–Trinajstić information content (AvgIpc) is 3.64. The van der Waals surface area contributed by atoms with Crippen LogP contribution in [0.5, 0.6) is 0 Å². The van der Waals surface area contributed by atoms with Gasteiger partial charge in [-0.3, -0.25) is 0 Å². The molecule has 5 rings (SSSR count). The van der Waals surface area contributed by atoms with Gasteiger partial charge in [0.15, 0.2) is 0 Å². The molecular weight excluding hydrogens is 492 g/mol. The van der Waals surface area contributed by atoms with E-state index >= 15 is 0 Å². The number of carbonyl (C=O) groups is 2. The Morgan fingerprint density at radius 2 is 1.87 bits per heavy atom. The van der Waals surface area contributed by atoms with Crippen molar-refractivity contribution in [1.82, 2.24) is 0 Å². The number of allylic oxidation sites excluding steroid dienone is 3. The molecule has 2 N–H and O–H groups in total. The Balaban J connectivity index is 1.52. The minimum Gasteiger partial charge on any atom is -0.462 e. The molecule has 38 heavy (non-hydrogen) atoms. The van der Waals surface area contributed by atoms with Gasteiger partial charge in [-0.15, -0.1) is 0 Å². The summed E-state index contributed by atoms with van der Waals surface area (Å²) in [4.78, 5) is 25.9. The number of hydrogen-bond acceptors (Lipinski definition) is 9. The van der Waals surface area contributed by atoms with Gasteiger partial charge in [0, 0.05) is 24.0 Å². The van der Waals surface area contributed by atoms with Crippen LogP contribution in [0.2, 0.25) is 0 Å². The molecule has 3 fully saturated rings. The van der Waals surface area contributed by atoms with Crippen LogP contribution in [0, 0.1) is 10.8 Å². The van der Waals surface area contributed by atoms with Gasteiger partial charge in [-0.1, -0.05) is 36.8 Å². The molecule has 0 amide bonds. The molecule has 9 nitrogen and oxygen atoms in total. The maximum atomic E-state index is 13.0. The highest BCUT2D eigenvalue weighted by Gasteiger charge is 2.83. The zero-order valence-corrected chi connectivity index (χ0v) is 22.4. The van der Waals surface area contributed by atoms with Gasteiger partial charge in [0.2, 0.25) is 0 Å². The Hall–Kier alpha value is -2.30. The summed E-state index contributed by atoms with van der Waals surface area (Å²) in [5, 5.41) is 20.6. The van der Waals surface area contributed by atoms with E-state index in [-0.39, 0.29) is 25.4 Å². The Bertz CT molecular complexity index is 1080. The van der Waals surface area contributed by atoms with Crippen LogP contribution in [0.4, 0.5) is 0 Å². The van der Waals surface area contributed by atoms with Crippen molar-refractivity contribution in [2.24, 2.45) is 10.8 Å². The predicted octanol–water partition coefficient (Wildman–Crippen LogP) is 2.31. The van der Waals surface area contributed by atoms with Gasteiger partial charge in [-0.05, 0) is 39.2 Å². The van der Waals surface area contributed by atoms with E-state index in [1.165, 1.54) is 17.7 Å². The molecule has 0 radical (unpaired) electrons. The summed E-state index contributed by atoms with van der Waals surface area (Å²) in [5.41, 5.74) is -0.328. The van der Waals surface area contributed by atoms with Crippen LogP contribution in [0.3, 0.4) is 0 Å². The average molecular weight is 531 g/mol. The smallest absolute Gasteiger partial charge is 0.331 e. The summed E-state index contributed by atoms with van der Waals surface area (Å²) in [6, 6.07) is 0. The summed E-state index contributed by atoms with van der Waals surface area (Å²) in [5.74, 6) is -1.08. The third-order valence-electron chi connectivity index (χ3n) is 9.39. The molecular formula is C29H38O9. The number of rotatable bonds is 1. The lowest BCUT2D eigenvalue weighted by atomic mass is 9.51. The van der Waals surface area contributed by atoms with Gasteiger partial charge in [0.1, 0.15) is 24.4 Å². The van der Waals surface area contributed by atoms with Crippen LogP contribution in [0.15, 0.2) is 47.6 Å². The molecule has 2 bridgehead atoms. The summed E-state index contributed by atoms with van der Waals surface area (Å²) in [7, 11) is 0. The normalized spacial score (nSPS) is 45.6. The van der Waals surface area contributed by atoms with Crippen molar-refractivity contribution in [2.75, 3.05) is 19.8 Å².